The van der Waals surface area contributed by atoms with E-state index in [1.54, 1.807) is 12.1 Å². The number of anilines is 1. The molecular formula is C18H28N4O5S2. The van der Waals surface area contributed by atoms with Gasteiger partial charge in [-0.3, -0.25) is 4.79 Å². The summed E-state index contributed by atoms with van der Waals surface area (Å²) >= 11 is 0. The molecule has 0 spiro atoms. The van der Waals surface area contributed by atoms with Gasteiger partial charge in [-0.1, -0.05) is 0 Å². The normalized spacial score (nSPS) is 22.1. The summed E-state index contributed by atoms with van der Waals surface area (Å²) in [6.07, 6.45) is 2.95. The molecule has 3 rings (SSSR count). The molecule has 1 N–H and O–H groups in total. The minimum atomic E-state index is -3.55. The van der Waals surface area contributed by atoms with E-state index in [1.807, 2.05) is 0 Å². The molecule has 1 aromatic rings. The molecular weight excluding hydrogens is 416 g/mol. The van der Waals surface area contributed by atoms with Crippen molar-refractivity contribution in [1.82, 2.24) is 12.9 Å². The number of benzene rings is 1. The maximum absolute atomic E-state index is 12.6. The fraction of sp³-hybridized carbons (Fsp3) is 0.611. The highest BCUT2D eigenvalue weighted by atomic mass is 32.2. The molecule has 0 aromatic heterocycles. The first-order valence-electron chi connectivity index (χ1n) is 9.71. The van der Waals surface area contributed by atoms with Gasteiger partial charge in [0.25, 0.3) is 10.2 Å². The molecule has 162 valence electrons. The fourth-order valence-electron chi connectivity index (χ4n) is 3.63. The van der Waals surface area contributed by atoms with Crippen molar-refractivity contribution in [1.29, 1.82) is 0 Å². The molecule has 29 heavy (non-hydrogen) atoms. The Balaban J connectivity index is 1.65. The highest BCUT2D eigenvalue weighted by Crippen LogP contribution is 2.24. The van der Waals surface area contributed by atoms with E-state index in [-0.39, 0.29) is 17.3 Å². The average molecular weight is 445 g/mol. The molecule has 11 heteroatoms. The van der Waals surface area contributed by atoms with Crippen LogP contribution in [0.3, 0.4) is 0 Å². The number of amides is 1. The van der Waals surface area contributed by atoms with Crippen LogP contribution >= 0.6 is 0 Å². The monoisotopic (exact) mass is 444 g/mol. The van der Waals surface area contributed by atoms with Gasteiger partial charge in [0.05, 0.1) is 10.8 Å². The minimum absolute atomic E-state index is 0.133. The zero-order valence-electron chi connectivity index (χ0n) is 16.7. The van der Waals surface area contributed by atoms with Gasteiger partial charge in [0, 0.05) is 46.0 Å². The number of carbonyl (C=O) groups is 1. The Morgan fingerprint density at radius 2 is 1.55 bits per heavy atom. The van der Waals surface area contributed by atoms with E-state index in [0.717, 1.165) is 17.1 Å². The number of carbonyl (C=O) groups excluding carboxylic acids is 1. The van der Waals surface area contributed by atoms with Gasteiger partial charge < -0.3 is 5.32 Å². The van der Waals surface area contributed by atoms with Gasteiger partial charge in [-0.25, -0.2) is 8.42 Å². The largest absolute Gasteiger partial charge is 0.326 e. The van der Waals surface area contributed by atoms with E-state index in [0.29, 0.717) is 38.2 Å². The van der Waals surface area contributed by atoms with Crippen molar-refractivity contribution in [3.63, 3.8) is 0 Å². The van der Waals surface area contributed by atoms with Gasteiger partial charge in [-0.15, -0.1) is 0 Å². The lowest BCUT2D eigenvalue weighted by atomic mass is 9.99. The summed E-state index contributed by atoms with van der Waals surface area (Å²) in [6.45, 7) is 1.60. The van der Waals surface area contributed by atoms with Gasteiger partial charge >= 0.3 is 0 Å². The highest BCUT2D eigenvalue weighted by molar-refractivity contribution is 7.89. The third-order valence-corrected chi connectivity index (χ3v) is 9.19. The number of rotatable bonds is 6. The van der Waals surface area contributed by atoms with Gasteiger partial charge in [0.2, 0.25) is 15.9 Å². The van der Waals surface area contributed by atoms with Gasteiger partial charge in [-0.2, -0.15) is 21.3 Å². The van der Waals surface area contributed by atoms with E-state index in [1.165, 1.54) is 34.8 Å². The van der Waals surface area contributed by atoms with Crippen molar-refractivity contribution in [3.05, 3.63) is 24.3 Å². The van der Waals surface area contributed by atoms with Crippen LogP contribution in [0.25, 0.3) is 0 Å². The molecule has 0 saturated carbocycles. The molecule has 2 heterocycles. The molecule has 2 saturated heterocycles. The molecule has 1 aromatic carbocycles. The van der Waals surface area contributed by atoms with E-state index in [9.17, 15) is 21.6 Å². The molecule has 0 radical (unpaired) electrons. The lowest BCUT2D eigenvalue weighted by Gasteiger charge is -2.32. The number of piperidine rings is 1. The molecule has 2 fully saturated rings. The van der Waals surface area contributed by atoms with Gasteiger partial charge in [-0.05, 0) is 49.9 Å². The van der Waals surface area contributed by atoms with E-state index in [4.69, 9.17) is 0 Å². The molecule has 1 atom stereocenters. The smallest absolute Gasteiger partial charge is 0.281 e. The predicted octanol–water partition coefficient (Wildman–Crippen LogP) is 0.928. The molecule has 0 unspecified atom stereocenters. The van der Waals surface area contributed by atoms with Crippen LogP contribution in [0.1, 0.15) is 25.7 Å². The summed E-state index contributed by atoms with van der Waals surface area (Å²) in [4.78, 5) is 12.8. The van der Waals surface area contributed by atoms with Crippen molar-refractivity contribution in [2.75, 3.05) is 45.6 Å². The molecule has 2 aliphatic heterocycles. The number of hydrogen-bond acceptors (Lipinski definition) is 5. The number of sulfonamides is 1. The summed E-state index contributed by atoms with van der Waals surface area (Å²) < 4.78 is 53.7. The topological polar surface area (TPSA) is 107 Å². The second-order valence-corrected chi connectivity index (χ2v) is 11.7. The Hall–Kier alpha value is -1.53. The van der Waals surface area contributed by atoms with Gasteiger partial charge in [0.15, 0.2) is 0 Å². The second-order valence-electron chi connectivity index (χ2n) is 7.61. The van der Waals surface area contributed by atoms with Crippen LogP contribution in [0.2, 0.25) is 0 Å². The van der Waals surface area contributed by atoms with E-state index >= 15 is 0 Å². The lowest BCUT2D eigenvalue weighted by Crippen LogP contribution is -2.47. The standard InChI is InChI=1S/C18H28N4O5S2/c1-20(2)29(26,27)22-13-5-6-15(14-22)18(23)19-16-7-9-17(10-8-16)28(24,25)21-11-3-4-12-21/h7-10,15H,3-6,11-14H2,1-2H3,(H,19,23)/t15-/m1/s1. The summed E-state index contributed by atoms with van der Waals surface area (Å²) in [7, 11) is -4.11. The average Bonchev–Trinajstić information content (AvgIpc) is 3.24. The van der Waals surface area contributed by atoms with Crippen molar-refractivity contribution in [2.45, 2.75) is 30.6 Å². The van der Waals surface area contributed by atoms with Crippen LogP contribution in [-0.2, 0) is 25.0 Å². The van der Waals surface area contributed by atoms with Crippen LogP contribution in [0.5, 0.6) is 0 Å². The zero-order valence-corrected chi connectivity index (χ0v) is 18.4. The highest BCUT2D eigenvalue weighted by Gasteiger charge is 2.33. The SMILES string of the molecule is CN(C)S(=O)(=O)N1CCC[C@@H](C(=O)Nc2ccc(S(=O)(=O)N3CCCC3)cc2)C1. The molecule has 9 nitrogen and oxygen atoms in total. The van der Waals surface area contributed by atoms with Crippen molar-refractivity contribution < 1.29 is 21.6 Å². The van der Waals surface area contributed by atoms with Crippen molar-refractivity contribution in [2.24, 2.45) is 5.92 Å². The zero-order chi connectivity index (χ0) is 21.2. The summed E-state index contributed by atoms with van der Waals surface area (Å²) in [5.41, 5.74) is 0.489. The fourth-order valence-corrected chi connectivity index (χ4v) is 6.34. The Morgan fingerprint density at radius 1 is 0.966 bits per heavy atom. The van der Waals surface area contributed by atoms with Crippen LogP contribution in [0, 0.1) is 5.92 Å². The Labute approximate surface area is 172 Å². The third kappa shape index (κ3) is 4.80. The Kier molecular flexibility index (Phi) is 6.64. The summed E-state index contributed by atoms with van der Waals surface area (Å²) in [5.74, 6) is -0.717. The molecule has 0 aliphatic carbocycles. The minimum Gasteiger partial charge on any atom is -0.326 e. The molecule has 1 amide bonds. The maximum atomic E-state index is 12.6. The van der Waals surface area contributed by atoms with Crippen molar-refractivity contribution in [3.8, 4) is 0 Å². The van der Waals surface area contributed by atoms with Crippen LogP contribution in [-0.4, -0.2) is 75.9 Å². The Bertz CT molecular complexity index is 939. The van der Waals surface area contributed by atoms with Crippen LogP contribution in [0.15, 0.2) is 29.2 Å². The number of hydrogen-bond donors (Lipinski definition) is 1. The molecule has 2 aliphatic rings. The maximum Gasteiger partial charge on any atom is 0.281 e. The first-order chi connectivity index (χ1) is 13.6. The molecule has 0 bridgehead atoms. The quantitative estimate of drug-likeness (QED) is 0.702. The van der Waals surface area contributed by atoms with Gasteiger partial charge in [0.1, 0.15) is 0 Å². The first-order valence-corrected chi connectivity index (χ1v) is 12.5. The second kappa shape index (κ2) is 8.68. The summed E-state index contributed by atoms with van der Waals surface area (Å²) in [5, 5.41) is 2.78. The Morgan fingerprint density at radius 3 is 2.14 bits per heavy atom. The third-order valence-electron chi connectivity index (χ3n) is 5.37. The van der Waals surface area contributed by atoms with Crippen LogP contribution in [0.4, 0.5) is 5.69 Å². The van der Waals surface area contributed by atoms with Crippen LogP contribution < -0.4 is 5.32 Å². The van der Waals surface area contributed by atoms with Crippen molar-refractivity contribution >= 4 is 31.8 Å². The predicted molar refractivity (Wildman–Crippen MR) is 110 cm³/mol. The first kappa shape index (κ1) is 22.2. The lowest BCUT2D eigenvalue weighted by molar-refractivity contribution is -0.120. The number of nitrogens with zero attached hydrogens (tertiary/aromatic N) is 3. The van der Waals surface area contributed by atoms with E-state index < -0.39 is 26.2 Å². The number of nitrogens with one attached hydrogen (secondary N) is 1. The summed E-state index contributed by atoms with van der Waals surface area (Å²) in [6, 6.07) is 6.12. The van der Waals surface area contributed by atoms with E-state index in [2.05, 4.69) is 5.32 Å².